The van der Waals surface area contributed by atoms with Crippen molar-refractivity contribution in [1.82, 2.24) is 4.40 Å². The molecule has 0 N–H and O–H groups in total. The maximum atomic E-state index is 9.84. The fourth-order valence-electron chi connectivity index (χ4n) is 7.45. The van der Waals surface area contributed by atoms with Gasteiger partial charge in [0.15, 0.2) is 0 Å². The van der Waals surface area contributed by atoms with Crippen molar-refractivity contribution in [3.05, 3.63) is 151 Å². The molecule has 0 unspecified atom stereocenters. The average molecular weight is 585 g/mol. The van der Waals surface area contributed by atoms with Gasteiger partial charge in [-0.25, -0.2) is 0 Å². The smallest absolute Gasteiger partial charge is 0.145 e. The number of nitriles is 1. The third-order valence-corrected chi connectivity index (χ3v) is 9.51. The normalized spacial score (nSPS) is 11.9. The van der Waals surface area contributed by atoms with E-state index in [0.717, 1.165) is 55.3 Å². The van der Waals surface area contributed by atoms with E-state index in [-0.39, 0.29) is 0 Å². The molecule has 0 saturated carbocycles. The van der Waals surface area contributed by atoms with E-state index in [1.54, 1.807) is 0 Å². The highest BCUT2D eigenvalue weighted by Gasteiger charge is 2.23. The molecule has 0 bridgehead atoms. The lowest BCUT2D eigenvalue weighted by molar-refractivity contribution is 0.673. The summed E-state index contributed by atoms with van der Waals surface area (Å²) in [6.45, 7) is 0. The summed E-state index contributed by atoms with van der Waals surface area (Å²) >= 11 is 0. The van der Waals surface area contributed by atoms with Crippen LogP contribution < -0.4 is 0 Å². The van der Waals surface area contributed by atoms with Crippen molar-refractivity contribution >= 4 is 60.0 Å². The first-order valence-electron chi connectivity index (χ1n) is 15.5. The lowest BCUT2D eigenvalue weighted by Gasteiger charge is -2.10. The van der Waals surface area contributed by atoms with Gasteiger partial charge in [-0.15, -0.1) is 0 Å². The molecular formula is C43H24N2O. The Bertz CT molecular complexity index is 2870. The van der Waals surface area contributed by atoms with Crippen LogP contribution in [0.1, 0.15) is 5.56 Å². The number of furan rings is 1. The Morgan fingerprint density at radius 1 is 0.457 bits per heavy atom. The Morgan fingerprint density at radius 2 is 1.11 bits per heavy atom. The van der Waals surface area contributed by atoms with Crippen LogP contribution in [0.3, 0.4) is 0 Å². The van der Waals surface area contributed by atoms with Crippen LogP contribution in [0.4, 0.5) is 0 Å². The lowest BCUT2D eigenvalue weighted by atomic mass is 9.94. The predicted molar refractivity (Wildman–Crippen MR) is 189 cm³/mol. The fourth-order valence-corrected chi connectivity index (χ4v) is 7.45. The highest BCUT2D eigenvalue weighted by Crippen LogP contribution is 2.46. The van der Waals surface area contributed by atoms with Crippen molar-refractivity contribution in [3.63, 3.8) is 0 Å². The van der Waals surface area contributed by atoms with E-state index in [2.05, 4.69) is 120 Å². The standard InChI is InChI=1S/C43H24N2O/c44-25-26-19-31(27-9-2-1-3-10-27)22-32(20-26)29-12-8-11-28(21-29)30-17-18-39-35(23-30)36-24-37-33-13-5-7-16-40(33)46-43(37)41-34-14-4-6-15-38(34)45(39)42(36)41/h1-24H. The van der Waals surface area contributed by atoms with Crippen LogP contribution in [0, 0.1) is 11.3 Å². The molecule has 3 heterocycles. The Balaban J connectivity index is 1.20. The molecule has 3 nitrogen and oxygen atoms in total. The van der Waals surface area contributed by atoms with Crippen LogP contribution >= 0.6 is 0 Å². The van der Waals surface area contributed by atoms with Crippen molar-refractivity contribution in [2.24, 2.45) is 0 Å². The van der Waals surface area contributed by atoms with Gasteiger partial charge in [-0.3, -0.25) is 0 Å². The molecule has 0 saturated heterocycles. The van der Waals surface area contributed by atoms with Crippen LogP contribution in [0.25, 0.3) is 93.4 Å². The number of para-hydroxylation sites is 2. The van der Waals surface area contributed by atoms with E-state index in [0.29, 0.717) is 5.56 Å². The number of fused-ring (bicyclic) bond motifs is 10. The molecule has 0 atom stereocenters. The maximum absolute atomic E-state index is 9.84. The Morgan fingerprint density at radius 3 is 1.96 bits per heavy atom. The fraction of sp³-hybridized carbons (Fsp3) is 0. The monoisotopic (exact) mass is 584 g/mol. The lowest BCUT2D eigenvalue weighted by Crippen LogP contribution is -1.87. The zero-order valence-corrected chi connectivity index (χ0v) is 24.7. The van der Waals surface area contributed by atoms with Crippen LogP contribution in [-0.4, -0.2) is 4.40 Å². The van der Waals surface area contributed by atoms with E-state index in [1.807, 2.05) is 36.4 Å². The molecule has 7 aromatic carbocycles. The summed E-state index contributed by atoms with van der Waals surface area (Å²) in [5, 5.41) is 17.0. The van der Waals surface area contributed by atoms with Crippen molar-refractivity contribution in [2.75, 3.05) is 0 Å². The summed E-state index contributed by atoms with van der Waals surface area (Å²) in [7, 11) is 0. The highest BCUT2D eigenvalue weighted by molar-refractivity contribution is 6.32. The van der Waals surface area contributed by atoms with Crippen molar-refractivity contribution in [3.8, 4) is 39.4 Å². The van der Waals surface area contributed by atoms with Gasteiger partial charge < -0.3 is 8.82 Å². The van der Waals surface area contributed by atoms with Gasteiger partial charge in [0, 0.05) is 26.9 Å². The van der Waals surface area contributed by atoms with Gasteiger partial charge in [0.05, 0.1) is 33.6 Å². The van der Waals surface area contributed by atoms with Crippen LogP contribution in [-0.2, 0) is 0 Å². The highest BCUT2D eigenvalue weighted by atomic mass is 16.3. The van der Waals surface area contributed by atoms with Gasteiger partial charge in [0.1, 0.15) is 11.2 Å². The molecule has 3 heteroatoms. The third kappa shape index (κ3) is 3.47. The Labute approximate surface area is 264 Å². The summed E-state index contributed by atoms with van der Waals surface area (Å²) in [6.07, 6.45) is 0. The quantitative estimate of drug-likeness (QED) is 0.207. The van der Waals surface area contributed by atoms with Gasteiger partial charge >= 0.3 is 0 Å². The van der Waals surface area contributed by atoms with Gasteiger partial charge in [0.2, 0.25) is 0 Å². The number of hydrogen-bond acceptors (Lipinski definition) is 2. The zero-order valence-electron chi connectivity index (χ0n) is 24.7. The summed E-state index contributed by atoms with van der Waals surface area (Å²) in [5.74, 6) is 0. The molecule has 0 fully saturated rings. The number of rotatable bonds is 3. The molecule has 0 aliphatic rings. The van der Waals surface area contributed by atoms with Crippen LogP contribution in [0.2, 0.25) is 0 Å². The first kappa shape index (κ1) is 25.0. The zero-order chi connectivity index (χ0) is 30.4. The average Bonchev–Trinajstić information content (AvgIpc) is 3.78. The minimum atomic E-state index is 0.652. The number of aromatic nitrogens is 1. The first-order valence-corrected chi connectivity index (χ1v) is 15.5. The second-order valence-corrected chi connectivity index (χ2v) is 12.1. The van der Waals surface area contributed by atoms with Gasteiger partial charge in [-0.2, -0.15) is 5.26 Å². The topological polar surface area (TPSA) is 41.3 Å². The van der Waals surface area contributed by atoms with Gasteiger partial charge in [-0.05, 0) is 88.0 Å². The molecule has 10 aromatic rings. The summed E-state index contributed by atoms with van der Waals surface area (Å²) in [5.41, 5.74) is 12.6. The van der Waals surface area contributed by atoms with E-state index in [9.17, 15) is 5.26 Å². The second kappa shape index (κ2) is 9.32. The molecule has 212 valence electrons. The third-order valence-electron chi connectivity index (χ3n) is 9.51. The minimum absolute atomic E-state index is 0.652. The molecule has 0 radical (unpaired) electrons. The molecule has 46 heavy (non-hydrogen) atoms. The number of nitrogens with zero attached hydrogens (tertiary/aromatic N) is 2. The second-order valence-electron chi connectivity index (χ2n) is 12.1. The van der Waals surface area contributed by atoms with Crippen LogP contribution in [0.5, 0.6) is 0 Å². The molecule has 0 amide bonds. The number of hydrogen-bond donors (Lipinski definition) is 0. The van der Waals surface area contributed by atoms with Crippen molar-refractivity contribution in [2.45, 2.75) is 0 Å². The van der Waals surface area contributed by atoms with E-state index < -0.39 is 0 Å². The van der Waals surface area contributed by atoms with Crippen molar-refractivity contribution in [1.29, 1.82) is 5.26 Å². The summed E-state index contributed by atoms with van der Waals surface area (Å²) in [6, 6.07) is 53.5. The predicted octanol–water partition coefficient (Wildman–Crippen LogP) is 11.6. The first-order chi connectivity index (χ1) is 22.7. The Hall–Kier alpha value is -6.37. The molecule has 10 rings (SSSR count). The summed E-state index contributed by atoms with van der Waals surface area (Å²) < 4.78 is 8.94. The maximum Gasteiger partial charge on any atom is 0.145 e. The Kier molecular flexibility index (Phi) is 5.06. The van der Waals surface area contributed by atoms with E-state index in [4.69, 9.17) is 4.42 Å². The van der Waals surface area contributed by atoms with E-state index >= 15 is 0 Å². The molecule has 3 aromatic heterocycles. The van der Waals surface area contributed by atoms with Gasteiger partial charge in [0.25, 0.3) is 0 Å². The molecule has 0 aliphatic carbocycles. The largest absolute Gasteiger partial charge is 0.455 e. The molecule has 0 spiro atoms. The van der Waals surface area contributed by atoms with Crippen LogP contribution in [0.15, 0.2) is 150 Å². The summed E-state index contributed by atoms with van der Waals surface area (Å²) in [4.78, 5) is 0. The minimum Gasteiger partial charge on any atom is -0.455 e. The van der Waals surface area contributed by atoms with Gasteiger partial charge in [-0.1, -0.05) is 91.0 Å². The molecular weight excluding hydrogens is 560 g/mol. The SMILES string of the molecule is N#Cc1cc(-c2ccccc2)cc(-c2cccc(-c3ccc4c(c3)c3cc5c6ccccc6oc5c5c6ccccc6n4c35)c2)c1. The number of benzene rings is 7. The molecule has 0 aliphatic heterocycles. The van der Waals surface area contributed by atoms with Crippen molar-refractivity contribution < 1.29 is 4.42 Å². The van der Waals surface area contributed by atoms with E-state index in [1.165, 1.54) is 38.1 Å².